The van der Waals surface area contributed by atoms with Gasteiger partial charge >= 0.3 is 0 Å². The van der Waals surface area contributed by atoms with Gasteiger partial charge in [-0.15, -0.1) is 11.3 Å². The molecule has 17 heavy (non-hydrogen) atoms. The fourth-order valence-corrected chi connectivity index (χ4v) is 3.02. The van der Waals surface area contributed by atoms with Gasteiger partial charge in [0.2, 0.25) is 0 Å². The summed E-state index contributed by atoms with van der Waals surface area (Å²) in [4.78, 5) is 1.29. The van der Waals surface area contributed by atoms with Crippen molar-refractivity contribution in [3.05, 3.63) is 45.5 Å². The van der Waals surface area contributed by atoms with Gasteiger partial charge in [0.1, 0.15) is 5.76 Å². The van der Waals surface area contributed by atoms with Crippen molar-refractivity contribution in [1.29, 1.82) is 0 Å². The standard InChI is InChI=1S/C13H16ClNOS/c1-2-15-11(12-7-8-13(14)17-12)6-5-10-4-3-9-16-10/h3-4,7-9,11,15H,2,5-6H2,1H3. The number of hydrogen-bond acceptors (Lipinski definition) is 3. The van der Waals surface area contributed by atoms with E-state index in [0.29, 0.717) is 6.04 Å². The normalized spacial score (nSPS) is 12.8. The van der Waals surface area contributed by atoms with E-state index in [1.54, 1.807) is 17.6 Å². The molecule has 0 radical (unpaired) electrons. The molecule has 0 saturated carbocycles. The van der Waals surface area contributed by atoms with E-state index in [2.05, 4.69) is 18.3 Å². The summed E-state index contributed by atoms with van der Waals surface area (Å²) in [7, 11) is 0. The monoisotopic (exact) mass is 269 g/mol. The third kappa shape index (κ3) is 3.60. The molecule has 2 rings (SSSR count). The summed E-state index contributed by atoms with van der Waals surface area (Å²) in [5, 5.41) is 3.48. The Morgan fingerprint density at radius 3 is 2.88 bits per heavy atom. The summed E-state index contributed by atoms with van der Waals surface area (Å²) < 4.78 is 6.20. The molecule has 0 aromatic carbocycles. The largest absolute Gasteiger partial charge is 0.469 e. The molecule has 2 nitrogen and oxygen atoms in total. The van der Waals surface area contributed by atoms with Gasteiger partial charge < -0.3 is 9.73 Å². The molecule has 0 saturated heterocycles. The van der Waals surface area contributed by atoms with E-state index in [1.165, 1.54) is 4.88 Å². The SMILES string of the molecule is CCNC(CCc1ccco1)c1ccc(Cl)s1. The molecule has 0 spiro atoms. The molecular formula is C13H16ClNOS. The molecule has 0 aliphatic heterocycles. The van der Waals surface area contributed by atoms with Gasteiger partial charge in [0.25, 0.3) is 0 Å². The molecule has 0 bridgehead atoms. The Morgan fingerprint density at radius 2 is 2.29 bits per heavy atom. The third-order valence-corrected chi connectivity index (χ3v) is 3.99. The maximum Gasteiger partial charge on any atom is 0.103 e. The van der Waals surface area contributed by atoms with Crippen LogP contribution in [0.3, 0.4) is 0 Å². The van der Waals surface area contributed by atoms with Crippen LogP contribution >= 0.6 is 22.9 Å². The van der Waals surface area contributed by atoms with Crippen LogP contribution in [0.4, 0.5) is 0 Å². The van der Waals surface area contributed by atoms with Crippen molar-refractivity contribution in [3.63, 3.8) is 0 Å². The summed E-state index contributed by atoms with van der Waals surface area (Å²) in [6, 6.07) is 8.37. The number of furan rings is 1. The van der Waals surface area contributed by atoms with Crippen LogP contribution in [-0.2, 0) is 6.42 Å². The minimum absolute atomic E-state index is 0.364. The van der Waals surface area contributed by atoms with E-state index in [1.807, 2.05) is 18.2 Å². The smallest absolute Gasteiger partial charge is 0.103 e. The van der Waals surface area contributed by atoms with Crippen LogP contribution in [0, 0.1) is 0 Å². The molecule has 0 amide bonds. The molecule has 1 N–H and O–H groups in total. The van der Waals surface area contributed by atoms with E-state index in [-0.39, 0.29) is 0 Å². The Morgan fingerprint density at radius 1 is 1.41 bits per heavy atom. The Balaban J connectivity index is 1.97. The maximum atomic E-state index is 5.98. The van der Waals surface area contributed by atoms with Crippen LogP contribution in [0.25, 0.3) is 0 Å². The lowest BCUT2D eigenvalue weighted by atomic mass is 10.1. The highest BCUT2D eigenvalue weighted by Crippen LogP contribution is 2.29. The second-order valence-electron chi connectivity index (χ2n) is 3.87. The number of thiophene rings is 1. The van der Waals surface area contributed by atoms with Gasteiger partial charge in [-0.3, -0.25) is 0 Å². The summed E-state index contributed by atoms with van der Waals surface area (Å²) in [6.45, 7) is 3.08. The average molecular weight is 270 g/mol. The zero-order valence-electron chi connectivity index (χ0n) is 9.78. The van der Waals surface area contributed by atoms with Gasteiger partial charge in [0.15, 0.2) is 0 Å². The number of aryl methyl sites for hydroxylation is 1. The number of rotatable bonds is 6. The van der Waals surface area contributed by atoms with E-state index < -0.39 is 0 Å². The molecule has 4 heteroatoms. The zero-order chi connectivity index (χ0) is 12.1. The first-order valence-electron chi connectivity index (χ1n) is 5.80. The fourth-order valence-electron chi connectivity index (χ4n) is 1.85. The van der Waals surface area contributed by atoms with Crippen molar-refractivity contribution in [3.8, 4) is 0 Å². The predicted octanol–water partition coefficient (Wildman–Crippen LogP) is 4.28. The molecule has 2 heterocycles. The molecule has 0 fully saturated rings. The molecule has 92 valence electrons. The van der Waals surface area contributed by atoms with Gasteiger partial charge in [0.05, 0.1) is 10.6 Å². The van der Waals surface area contributed by atoms with Crippen LogP contribution in [0.15, 0.2) is 34.9 Å². The second kappa shape index (κ2) is 6.24. The molecule has 0 aliphatic carbocycles. The van der Waals surface area contributed by atoms with E-state index in [0.717, 1.165) is 29.5 Å². The van der Waals surface area contributed by atoms with E-state index >= 15 is 0 Å². The Bertz CT molecular complexity index is 438. The third-order valence-electron chi connectivity index (χ3n) is 2.65. The van der Waals surface area contributed by atoms with Gasteiger partial charge in [-0.2, -0.15) is 0 Å². The first-order chi connectivity index (χ1) is 8.29. The lowest BCUT2D eigenvalue weighted by molar-refractivity contribution is 0.462. The number of hydrogen-bond donors (Lipinski definition) is 1. The van der Waals surface area contributed by atoms with Crippen LogP contribution in [0.1, 0.15) is 30.0 Å². The molecule has 2 aromatic rings. The highest BCUT2D eigenvalue weighted by Gasteiger charge is 2.13. The molecule has 1 unspecified atom stereocenters. The Hall–Kier alpha value is -0.770. The zero-order valence-corrected chi connectivity index (χ0v) is 11.4. The first kappa shape index (κ1) is 12.7. The van der Waals surface area contributed by atoms with Gasteiger partial charge in [-0.25, -0.2) is 0 Å². The Kier molecular flexibility index (Phi) is 4.66. The lowest BCUT2D eigenvalue weighted by Crippen LogP contribution is -2.20. The van der Waals surface area contributed by atoms with Crippen molar-refractivity contribution in [1.82, 2.24) is 5.32 Å². The van der Waals surface area contributed by atoms with Gasteiger partial charge in [-0.1, -0.05) is 18.5 Å². The molecule has 0 aliphatic rings. The average Bonchev–Trinajstić information content (AvgIpc) is 2.95. The lowest BCUT2D eigenvalue weighted by Gasteiger charge is -2.15. The minimum atomic E-state index is 0.364. The van der Waals surface area contributed by atoms with Crippen LogP contribution in [0.5, 0.6) is 0 Å². The van der Waals surface area contributed by atoms with Gasteiger partial charge in [0, 0.05) is 17.3 Å². The predicted molar refractivity (Wildman–Crippen MR) is 72.8 cm³/mol. The molecule has 2 aromatic heterocycles. The van der Waals surface area contributed by atoms with E-state index in [4.69, 9.17) is 16.0 Å². The topological polar surface area (TPSA) is 25.2 Å². The van der Waals surface area contributed by atoms with Crippen molar-refractivity contribution in [2.24, 2.45) is 0 Å². The Labute approximate surface area is 111 Å². The quantitative estimate of drug-likeness (QED) is 0.847. The van der Waals surface area contributed by atoms with Gasteiger partial charge in [-0.05, 0) is 37.2 Å². The van der Waals surface area contributed by atoms with Crippen molar-refractivity contribution >= 4 is 22.9 Å². The summed E-state index contributed by atoms with van der Waals surface area (Å²) in [5.74, 6) is 1.04. The summed E-state index contributed by atoms with van der Waals surface area (Å²) in [6.07, 6.45) is 3.69. The van der Waals surface area contributed by atoms with Crippen LogP contribution in [0.2, 0.25) is 4.34 Å². The van der Waals surface area contributed by atoms with E-state index in [9.17, 15) is 0 Å². The molecular weight excluding hydrogens is 254 g/mol. The highest BCUT2D eigenvalue weighted by atomic mass is 35.5. The number of nitrogens with one attached hydrogen (secondary N) is 1. The number of halogens is 1. The van der Waals surface area contributed by atoms with Crippen molar-refractivity contribution in [2.45, 2.75) is 25.8 Å². The highest BCUT2D eigenvalue weighted by molar-refractivity contribution is 7.16. The first-order valence-corrected chi connectivity index (χ1v) is 7.00. The van der Waals surface area contributed by atoms with Crippen molar-refractivity contribution < 1.29 is 4.42 Å². The summed E-state index contributed by atoms with van der Waals surface area (Å²) in [5.41, 5.74) is 0. The van der Waals surface area contributed by atoms with Crippen molar-refractivity contribution in [2.75, 3.05) is 6.54 Å². The molecule has 1 atom stereocenters. The fraction of sp³-hybridized carbons (Fsp3) is 0.385. The van der Waals surface area contributed by atoms with Crippen LogP contribution < -0.4 is 5.32 Å². The maximum absolute atomic E-state index is 5.98. The second-order valence-corrected chi connectivity index (χ2v) is 5.62. The minimum Gasteiger partial charge on any atom is -0.469 e. The summed E-state index contributed by atoms with van der Waals surface area (Å²) >= 11 is 7.62. The van der Waals surface area contributed by atoms with Crippen LogP contribution in [-0.4, -0.2) is 6.54 Å².